The summed E-state index contributed by atoms with van der Waals surface area (Å²) in [7, 11) is 0. The van der Waals surface area contributed by atoms with Crippen molar-refractivity contribution in [3.63, 3.8) is 0 Å². The van der Waals surface area contributed by atoms with Crippen molar-refractivity contribution in [1.29, 1.82) is 0 Å². The molecule has 10 heteroatoms. The topological polar surface area (TPSA) is 73.8 Å². The highest BCUT2D eigenvalue weighted by Gasteiger charge is 2.35. The fourth-order valence-corrected chi connectivity index (χ4v) is 2.00. The van der Waals surface area contributed by atoms with E-state index in [0.29, 0.717) is 4.68 Å². The first-order valence-corrected chi connectivity index (χ1v) is 5.74. The summed E-state index contributed by atoms with van der Waals surface area (Å²) in [4.78, 5) is 9.58. The van der Waals surface area contributed by atoms with Gasteiger partial charge in [0, 0.05) is 0 Å². The number of nitro benzene ring substituents is 1. The molecule has 22 heavy (non-hydrogen) atoms. The van der Waals surface area contributed by atoms with Gasteiger partial charge in [0.25, 0.3) is 0 Å². The zero-order valence-electron chi connectivity index (χ0n) is 10.4. The summed E-state index contributed by atoms with van der Waals surface area (Å²) < 4.78 is 54.8. The molecule has 0 amide bonds. The number of hydrogen-bond donors (Lipinski definition) is 0. The Hall–Kier alpha value is -3.04. The minimum atomic E-state index is -2.27. The Morgan fingerprint density at radius 2 is 1.64 bits per heavy atom. The van der Waals surface area contributed by atoms with Gasteiger partial charge < -0.3 is 0 Å². The van der Waals surface area contributed by atoms with E-state index >= 15 is 0 Å². The van der Waals surface area contributed by atoms with Gasteiger partial charge in [0.05, 0.1) is 10.4 Å². The van der Waals surface area contributed by atoms with Crippen molar-refractivity contribution in [2.24, 2.45) is 0 Å². The van der Waals surface area contributed by atoms with Crippen LogP contribution in [0.25, 0.3) is 16.7 Å². The van der Waals surface area contributed by atoms with Crippen molar-refractivity contribution in [3.05, 3.63) is 57.6 Å². The summed E-state index contributed by atoms with van der Waals surface area (Å²) in [5, 5.41) is 18.0. The Balaban J connectivity index is 2.47. The normalized spacial score (nSPS) is 11.1. The lowest BCUT2D eigenvalue weighted by molar-refractivity contribution is -0.387. The predicted octanol–water partition coefficient (Wildman–Crippen LogP) is 2.89. The molecule has 0 N–H and O–H groups in total. The van der Waals surface area contributed by atoms with Crippen molar-refractivity contribution in [1.82, 2.24) is 15.0 Å². The SMILES string of the molecule is O=[N+]([O-])c1c(F)c(F)c(F)c(F)c1-n1nnc2ccccc21. The molecule has 3 rings (SSSR count). The van der Waals surface area contributed by atoms with Crippen LogP contribution in [0, 0.1) is 33.4 Å². The third-order valence-electron chi connectivity index (χ3n) is 2.96. The average Bonchev–Trinajstić information content (AvgIpc) is 2.92. The Labute approximate surface area is 118 Å². The van der Waals surface area contributed by atoms with Gasteiger partial charge >= 0.3 is 5.69 Å². The summed E-state index contributed by atoms with van der Waals surface area (Å²) >= 11 is 0. The van der Waals surface area contributed by atoms with Gasteiger partial charge in [-0.05, 0) is 12.1 Å². The molecule has 0 unspecified atom stereocenters. The van der Waals surface area contributed by atoms with E-state index in [1.54, 1.807) is 6.07 Å². The standard InChI is InChI=1S/C12H4F4N4O2/c13-7-8(14)10(16)12(20(21)22)11(9(7)15)19-6-4-2-1-3-5(6)17-18-19/h1-4H. The summed E-state index contributed by atoms with van der Waals surface area (Å²) in [6, 6.07) is 5.87. The molecule has 3 aromatic rings. The van der Waals surface area contributed by atoms with Crippen molar-refractivity contribution in [3.8, 4) is 5.69 Å². The molecule has 0 aliphatic heterocycles. The number of benzene rings is 2. The van der Waals surface area contributed by atoms with Crippen LogP contribution in [0.4, 0.5) is 23.2 Å². The number of nitro groups is 1. The van der Waals surface area contributed by atoms with E-state index in [-0.39, 0.29) is 11.0 Å². The lowest BCUT2D eigenvalue weighted by Gasteiger charge is -2.07. The van der Waals surface area contributed by atoms with Crippen molar-refractivity contribution >= 4 is 16.7 Å². The summed E-state index contributed by atoms with van der Waals surface area (Å²) in [5.74, 6) is -8.48. The van der Waals surface area contributed by atoms with E-state index in [4.69, 9.17) is 0 Å². The van der Waals surface area contributed by atoms with E-state index in [9.17, 15) is 27.7 Å². The van der Waals surface area contributed by atoms with Crippen LogP contribution in [0.5, 0.6) is 0 Å². The highest BCUT2D eigenvalue weighted by atomic mass is 19.2. The number of aromatic nitrogens is 3. The minimum absolute atomic E-state index is 0.0647. The van der Waals surface area contributed by atoms with Crippen LogP contribution in [-0.4, -0.2) is 19.9 Å². The molecule has 0 radical (unpaired) electrons. The van der Waals surface area contributed by atoms with Crippen molar-refractivity contribution in [2.45, 2.75) is 0 Å². The van der Waals surface area contributed by atoms with E-state index in [0.717, 1.165) is 0 Å². The van der Waals surface area contributed by atoms with E-state index < -0.39 is 39.6 Å². The molecule has 2 aromatic carbocycles. The highest BCUT2D eigenvalue weighted by molar-refractivity contribution is 5.77. The Kier molecular flexibility index (Phi) is 3.01. The predicted molar refractivity (Wildman–Crippen MR) is 65.4 cm³/mol. The molecule has 6 nitrogen and oxygen atoms in total. The second-order valence-electron chi connectivity index (χ2n) is 4.20. The van der Waals surface area contributed by atoms with Gasteiger partial charge in [0.2, 0.25) is 11.6 Å². The second-order valence-corrected chi connectivity index (χ2v) is 4.20. The van der Waals surface area contributed by atoms with Gasteiger partial charge in [-0.1, -0.05) is 17.3 Å². The first-order valence-electron chi connectivity index (χ1n) is 5.74. The maximum absolute atomic E-state index is 14.0. The van der Waals surface area contributed by atoms with Crippen LogP contribution >= 0.6 is 0 Å². The average molecular weight is 312 g/mol. The number of nitrogens with zero attached hydrogens (tertiary/aromatic N) is 4. The quantitative estimate of drug-likeness (QED) is 0.240. The number of para-hydroxylation sites is 1. The molecule has 112 valence electrons. The Morgan fingerprint density at radius 1 is 1.00 bits per heavy atom. The zero-order chi connectivity index (χ0) is 16.0. The molecule has 0 saturated carbocycles. The summed E-state index contributed by atoms with van der Waals surface area (Å²) in [6.07, 6.45) is 0. The van der Waals surface area contributed by atoms with Gasteiger partial charge in [-0.15, -0.1) is 5.10 Å². The monoisotopic (exact) mass is 312 g/mol. The van der Waals surface area contributed by atoms with Crippen molar-refractivity contribution in [2.75, 3.05) is 0 Å². The molecule has 1 heterocycles. The van der Waals surface area contributed by atoms with Crippen LogP contribution in [0.15, 0.2) is 24.3 Å². The van der Waals surface area contributed by atoms with Crippen LogP contribution in [-0.2, 0) is 0 Å². The maximum Gasteiger partial charge on any atom is 0.336 e. The molecule has 0 aliphatic carbocycles. The lowest BCUT2D eigenvalue weighted by Crippen LogP contribution is -2.11. The first kappa shape index (κ1) is 13.9. The maximum atomic E-state index is 14.0. The van der Waals surface area contributed by atoms with Crippen LogP contribution in [0.2, 0.25) is 0 Å². The van der Waals surface area contributed by atoms with Crippen LogP contribution in [0.3, 0.4) is 0 Å². The molecule has 0 saturated heterocycles. The zero-order valence-corrected chi connectivity index (χ0v) is 10.4. The molecule has 0 fully saturated rings. The summed E-state index contributed by atoms with van der Waals surface area (Å²) in [6.45, 7) is 0. The van der Waals surface area contributed by atoms with Gasteiger partial charge in [-0.25, -0.2) is 17.9 Å². The molecule has 0 aliphatic rings. The molecular weight excluding hydrogens is 308 g/mol. The number of halogens is 4. The smallest absolute Gasteiger partial charge is 0.258 e. The molecule has 0 spiro atoms. The number of hydrogen-bond acceptors (Lipinski definition) is 4. The van der Waals surface area contributed by atoms with Crippen LogP contribution < -0.4 is 0 Å². The molecule has 1 aromatic heterocycles. The summed E-state index contributed by atoms with van der Waals surface area (Å²) in [5.41, 5.74) is -2.45. The highest BCUT2D eigenvalue weighted by Crippen LogP contribution is 2.34. The Bertz CT molecular complexity index is 925. The molecular formula is C12H4F4N4O2. The van der Waals surface area contributed by atoms with Crippen LogP contribution in [0.1, 0.15) is 0 Å². The molecule has 0 bridgehead atoms. The third-order valence-corrected chi connectivity index (χ3v) is 2.96. The lowest BCUT2D eigenvalue weighted by atomic mass is 10.2. The third kappa shape index (κ3) is 1.80. The van der Waals surface area contributed by atoms with Gasteiger partial charge in [0.15, 0.2) is 17.3 Å². The van der Waals surface area contributed by atoms with Gasteiger partial charge in [-0.3, -0.25) is 10.1 Å². The van der Waals surface area contributed by atoms with Gasteiger partial charge in [0.1, 0.15) is 5.52 Å². The second kappa shape index (κ2) is 4.76. The fraction of sp³-hybridized carbons (Fsp3) is 0. The van der Waals surface area contributed by atoms with E-state index in [1.807, 2.05) is 0 Å². The minimum Gasteiger partial charge on any atom is -0.258 e. The molecule has 0 atom stereocenters. The van der Waals surface area contributed by atoms with E-state index in [1.165, 1.54) is 18.2 Å². The largest absolute Gasteiger partial charge is 0.336 e. The van der Waals surface area contributed by atoms with Crippen molar-refractivity contribution < 1.29 is 22.5 Å². The first-order chi connectivity index (χ1) is 10.4. The van der Waals surface area contributed by atoms with E-state index in [2.05, 4.69) is 10.3 Å². The fourth-order valence-electron chi connectivity index (χ4n) is 2.00. The van der Waals surface area contributed by atoms with Gasteiger partial charge in [-0.2, -0.15) is 4.39 Å². The Morgan fingerprint density at radius 3 is 2.32 bits per heavy atom. The number of fused-ring (bicyclic) bond motifs is 1. The number of rotatable bonds is 2.